The van der Waals surface area contributed by atoms with Crippen LogP contribution in [0.1, 0.15) is 52.5 Å². The van der Waals surface area contributed by atoms with Crippen molar-refractivity contribution in [3.63, 3.8) is 0 Å². The third-order valence-corrected chi connectivity index (χ3v) is 8.37. The molecule has 1 aliphatic rings. The van der Waals surface area contributed by atoms with Crippen LogP contribution in [-0.4, -0.2) is 17.6 Å². The molecule has 0 saturated heterocycles. The van der Waals surface area contributed by atoms with Gasteiger partial charge in [-0.3, -0.25) is 0 Å². The first-order chi connectivity index (χ1) is 17.3. The molecule has 0 radical (unpaired) electrons. The van der Waals surface area contributed by atoms with Crippen molar-refractivity contribution in [3.8, 4) is 0 Å². The number of carbonyl (C=O) groups excluding carboxylic acids is 1. The van der Waals surface area contributed by atoms with E-state index in [9.17, 15) is 4.79 Å². The number of hydrogen-bond donors (Lipinski definition) is 0. The fourth-order valence-electron chi connectivity index (χ4n) is 5.28. The van der Waals surface area contributed by atoms with Gasteiger partial charge >= 0.3 is 5.97 Å². The Kier molecular flexibility index (Phi) is 7.13. The molecule has 36 heavy (non-hydrogen) atoms. The zero-order valence-corrected chi connectivity index (χ0v) is 25.6. The van der Waals surface area contributed by atoms with Crippen LogP contribution in [0.5, 0.6) is 0 Å². The van der Waals surface area contributed by atoms with Gasteiger partial charge in [0.05, 0.1) is 50.3 Å². The molecule has 0 saturated carbocycles. The Morgan fingerprint density at radius 1 is 1.03 bits per heavy atom. The fourth-order valence-corrected chi connectivity index (χ4v) is 6.06. The maximum absolute atomic E-state index is 13.5. The number of unbranched alkanes of at least 4 members (excludes halogenated alkanes) is 1. The molecule has 1 atom stereocenters. The Labute approximate surface area is 242 Å². The molecule has 0 bridgehead atoms. The van der Waals surface area contributed by atoms with E-state index in [-0.39, 0.29) is 5.97 Å². The number of para-hydroxylation sites is 1. The van der Waals surface area contributed by atoms with Gasteiger partial charge in [-0.25, -0.2) is 6.93 Å². The summed E-state index contributed by atoms with van der Waals surface area (Å²) in [6, 6.07) is 22.6. The number of aryl methyl sites for hydroxylation is 1. The number of fused-ring (bicyclic) bond motifs is 2. The Morgan fingerprint density at radius 2 is 1.72 bits per heavy atom. The predicted octanol–water partition coefficient (Wildman–Crippen LogP) is 8.42. The predicted molar refractivity (Wildman–Crippen MR) is 163 cm³/mol. The van der Waals surface area contributed by atoms with Crippen molar-refractivity contribution in [2.24, 2.45) is 0 Å². The summed E-state index contributed by atoms with van der Waals surface area (Å²) in [4.78, 5) is 13.5. The Balaban J connectivity index is 1.85. The van der Waals surface area contributed by atoms with E-state index < -0.39 is 5.60 Å². The van der Waals surface area contributed by atoms with Crippen LogP contribution in [0.4, 0.5) is 11.4 Å². The Bertz CT molecular complexity index is 1450. The lowest BCUT2D eigenvalue weighted by Gasteiger charge is -2.31. The largest absolute Gasteiger partial charge is 0.440 e. The van der Waals surface area contributed by atoms with E-state index in [0.29, 0.717) is 5.56 Å². The molecule has 0 aliphatic carbocycles. The van der Waals surface area contributed by atoms with E-state index in [0.717, 1.165) is 64.0 Å². The molecule has 3 aromatic carbocycles. The molecule has 4 aromatic rings. The zero-order chi connectivity index (χ0) is 25.6. The lowest BCUT2D eigenvalue weighted by atomic mass is 9.78. The molecule has 8 heteroatoms. The molecule has 0 amide bonds. The lowest BCUT2D eigenvalue weighted by molar-refractivity contribution is 0.0253. The Hall–Kier alpha value is -2.04. The van der Waals surface area contributed by atoms with Crippen LogP contribution in [0.25, 0.3) is 10.9 Å². The highest BCUT2D eigenvalue weighted by atomic mass is 127. The normalized spacial score (nSPS) is 16.8. The van der Waals surface area contributed by atoms with Crippen molar-refractivity contribution in [1.29, 1.82) is 0 Å². The van der Waals surface area contributed by atoms with Crippen LogP contribution in [0, 0.1) is 6.92 Å². The number of hydrogen-bond acceptors (Lipinski definition) is 4. The molecule has 5 rings (SSSR count). The summed E-state index contributed by atoms with van der Waals surface area (Å²) in [6.07, 6.45) is 2.18. The summed E-state index contributed by atoms with van der Waals surface area (Å²) in [5, 5.41) is 1.11. The number of ether oxygens (including phenoxy) is 1. The molecule has 5 nitrogen and oxygen atoms in total. The van der Waals surface area contributed by atoms with Crippen molar-refractivity contribution < 1.29 is 9.53 Å². The molecule has 0 N–H and O–H groups in total. The van der Waals surface area contributed by atoms with Crippen molar-refractivity contribution >= 4 is 83.4 Å². The first-order valence-electron chi connectivity index (χ1n) is 11.9. The zero-order valence-electron chi connectivity index (χ0n) is 20.3. The molecule has 1 unspecified atom stereocenters. The molecule has 186 valence electrons. The summed E-state index contributed by atoms with van der Waals surface area (Å²) in [5.41, 5.74) is 6.51. The number of halogens is 3. The smallest absolute Gasteiger partial charge is 0.340 e. The minimum absolute atomic E-state index is 0.314. The molecular weight excluding hydrogens is 697 g/mol. The van der Waals surface area contributed by atoms with Crippen molar-refractivity contribution in [3.05, 3.63) is 94.7 Å². The summed E-state index contributed by atoms with van der Waals surface area (Å²) >= 11 is 9.17. The van der Waals surface area contributed by atoms with Gasteiger partial charge in [0, 0.05) is 68.7 Å². The van der Waals surface area contributed by atoms with Gasteiger partial charge in [0.2, 0.25) is 0 Å². The minimum atomic E-state index is -1.06. The van der Waals surface area contributed by atoms with Gasteiger partial charge in [0.1, 0.15) is 0 Å². The van der Waals surface area contributed by atoms with Gasteiger partial charge in [-0.15, -0.1) is 0 Å². The summed E-state index contributed by atoms with van der Waals surface area (Å²) in [7, 11) is 1.90. The first kappa shape index (κ1) is 25.6. The van der Waals surface area contributed by atoms with Gasteiger partial charge in [0.15, 0.2) is 5.60 Å². The average Bonchev–Trinajstić information content (AvgIpc) is 3.33. The molecule has 0 fully saturated rings. The summed E-state index contributed by atoms with van der Waals surface area (Å²) < 4.78 is 12.6. The molecule has 1 aromatic heterocycles. The monoisotopic (exact) mass is 721 g/mol. The third-order valence-electron chi connectivity index (χ3n) is 6.99. The van der Waals surface area contributed by atoms with E-state index >= 15 is 0 Å². The number of esters is 1. The van der Waals surface area contributed by atoms with Crippen LogP contribution in [-0.2, 0) is 16.9 Å². The highest BCUT2D eigenvalue weighted by Gasteiger charge is 2.51. The van der Waals surface area contributed by atoms with E-state index in [1.165, 1.54) is 0 Å². The van der Waals surface area contributed by atoms with Crippen LogP contribution < -0.4 is 6.07 Å². The van der Waals surface area contributed by atoms with Gasteiger partial charge < -0.3 is 13.2 Å². The van der Waals surface area contributed by atoms with Crippen LogP contribution >= 0.6 is 55.2 Å². The molecule has 0 spiro atoms. The van der Waals surface area contributed by atoms with E-state index in [4.69, 9.17) is 4.74 Å². The number of aromatic nitrogens is 1. The van der Waals surface area contributed by atoms with Gasteiger partial charge in [0.25, 0.3) is 0 Å². The molecular formula is C28H26Br2IN3O2. The standard InChI is InChI=1S/C28H26Br2IN3O2/c1-4-5-16-33-18(2)26(22-8-6-7-9-25(22)33)28(19-10-12-20(13-11-19)34(30)31)24-15-14-21(32(3)29)17-23(24)27(35)36-28/h6-15,17H,4-5,16H2,1-3H3. The van der Waals surface area contributed by atoms with Crippen LogP contribution in [0.2, 0.25) is 0 Å². The van der Waals surface area contributed by atoms with Gasteiger partial charge in [-0.1, -0.05) is 49.7 Å². The topological polar surface area (TPSA) is 37.7 Å². The minimum Gasteiger partial charge on any atom is -0.440 e. The van der Waals surface area contributed by atoms with Gasteiger partial charge in [-0.2, -0.15) is 0 Å². The number of nitrogens with zero attached hydrogens (tertiary/aromatic N) is 3. The highest BCUT2D eigenvalue weighted by molar-refractivity contribution is 14.1. The quantitative estimate of drug-likeness (QED) is 0.109. The second-order valence-electron chi connectivity index (χ2n) is 9.04. The van der Waals surface area contributed by atoms with E-state index in [2.05, 4.69) is 110 Å². The SMILES string of the molecule is CCCCn1c(C)c(C2(c3ccc(N(Br)I)cc3)OC(=O)c3cc(N(C)Br)ccc32)c2ccccc21. The maximum Gasteiger partial charge on any atom is 0.340 e. The van der Waals surface area contributed by atoms with Crippen molar-refractivity contribution in [2.45, 2.75) is 38.8 Å². The molecule has 2 heterocycles. The second kappa shape index (κ2) is 10.0. The maximum atomic E-state index is 13.5. The van der Waals surface area contributed by atoms with Gasteiger partial charge in [-0.05, 0) is 43.7 Å². The van der Waals surface area contributed by atoms with Crippen molar-refractivity contribution in [1.82, 2.24) is 4.57 Å². The highest BCUT2D eigenvalue weighted by Crippen LogP contribution is 2.51. The first-order valence-corrected chi connectivity index (χ1v) is 14.3. The van der Waals surface area contributed by atoms with Crippen LogP contribution in [0.3, 0.4) is 0 Å². The average molecular weight is 723 g/mol. The number of benzene rings is 3. The van der Waals surface area contributed by atoms with E-state index in [1.54, 1.807) is 0 Å². The number of anilines is 2. The number of cyclic esters (lactones) is 1. The molecule has 1 aliphatic heterocycles. The number of carbonyl (C=O) groups is 1. The van der Waals surface area contributed by atoms with Crippen molar-refractivity contribution in [2.75, 3.05) is 13.1 Å². The van der Waals surface area contributed by atoms with E-state index in [1.807, 2.05) is 43.4 Å². The Morgan fingerprint density at radius 3 is 2.39 bits per heavy atom. The second-order valence-corrected chi connectivity index (χ2v) is 13.1. The summed E-state index contributed by atoms with van der Waals surface area (Å²) in [5.74, 6) is -0.314. The van der Waals surface area contributed by atoms with Crippen LogP contribution in [0.15, 0.2) is 66.7 Å². The summed E-state index contributed by atoms with van der Waals surface area (Å²) in [6.45, 7) is 5.27. The third kappa shape index (κ3) is 4.05. The fraction of sp³-hybridized carbons (Fsp3) is 0.250. The number of rotatable bonds is 7. The lowest BCUT2D eigenvalue weighted by Crippen LogP contribution is -2.30.